The van der Waals surface area contributed by atoms with E-state index in [1.807, 2.05) is 0 Å². The molecule has 0 saturated heterocycles. The normalized spacial score (nSPS) is 12.3. The van der Waals surface area contributed by atoms with Gasteiger partial charge in [0.15, 0.2) is 5.78 Å². The second kappa shape index (κ2) is 8.37. The highest BCUT2D eigenvalue weighted by molar-refractivity contribution is 6.26. The first kappa shape index (κ1) is 21.2. The molecule has 0 spiro atoms. The Kier molecular flexibility index (Phi) is 5.22. The molecule has 3 aromatic carbocycles. The molecule has 0 saturated carbocycles. The first-order chi connectivity index (χ1) is 16.5. The lowest BCUT2D eigenvalue weighted by molar-refractivity contribution is -0.112. The van der Waals surface area contributed by atoms with Crippen molar-refractivity contribution in [3.63, 3.8) is 0 Å². The van der Waals surface area contributed by atoms with E-state index in [0.29, 0.717) is 33.2 Å². The number of furan rings is 1. The molecule has 4 aromatic rings. The second-order valence-electron chi connectivity index (χ2n) is 7.58. The number of aromatic hydroxyl groups is 1. The van der Waals surface area contributed by atoms with Crippen molar-refractivity contribution in [2.75, 3.05) is 14.2 Å². The smallest absolute Gasteiger partial charge is 0.291 e. The molecule has 0 radical (unpaired) electrons. The Morgan fingerprint density at radius 3 is 2.15 bits per heavy atom. The van der Waals surface area contributed by atoms with Gasteiger partial charge in [-0.25, -0.2) is 4.99 Å². The number of para-hydroxylation sites is 1. The number of methoxy groups -OCH3 is 2. The molecule has 0 fully saturated rings. The fourth-order valence-corrected chi connectivity index (χ4v) is 4.00. The lowest BCUT2D eigenvalue weighted by atomic mass is 9.92. The number of carbonyl (C=O) groups is 2. The number of nitrogens with zero attached hydrogens (tertiary/aromatic N) is 1. The van der Waals surface area contributed by atoms with Gasteiger partial charge in [0, 0.05) is 16.3 Å². The quantitative estimate of drug-likeness (QED) is 0.450. The number of rotatable bonds is 6. The second-order valence-corrected chi connectivity index (χ2v) is 7.58. The average molecular weight is 453 g/mol. The van der Waals surface area contributed by atoms with Crippen molar-refractivity contribution < 1.29 is 28.6 Å². The van der Waals surface area contributed by atoms with Gasteiger partial charge >= 0.3 is 0 Å². The number of fused-ring (bicyclic) bond motifs is 1. The summed E-state index contributed by atoms with van der Waals surface area (Å²) in [6, 6.07) is 20.4. The summed E-state index contributed by atoms with van der Waals surface area (Å²) in [7, 11) is 3.09. The Morgan fingerprint density at radius 2 is 1.50 bits per heavy atom. The van der Waals surface area contributed by atoms with Gasteiger partial charge in [0.2, 0.25) is 0 Å². The molecule has 34 heavy (non-hydrogen) atoms. The third-order valence-electron chi connectivity index (χ3n) is 5.68. The molecule has 1 N–H and O–H groups in total. The highest BCUT2D eigenvalue weighted by Crippen LogP contribution is 2.41. The van der Waals surface area contributed by atoms with E-state index in [1.54, 1.807) is 79.9 Å². The summed E-state index contributed by atoms with van der Waals surface area (Å²) in [5.74, 6) is -0.149. The minimum absolute atomic E-state index is 0.0188. The summed E-state index contributed by atoms with van der Waals surface area (Å²) in [5.41, 5.74) is 1.09. The van der Waals surface area contributed by atoms with Crippen LogP contribution in [0.4, 0.5) is 0 Å². The average Bonchev–Trinajstić information content (AvgIpc) is 3.38. The molecule has 1 amide bonds. The van der Waals surface area contributed by atoms with E-state index in [0.717, 1.165) is 0 Å². The SMILES string of the molecule is COc1ccc(C(=O)c2c(-c3ccc(OC)cc3)oc(O)c2C2=c3ccccc3=NC2=O)cc1. The molecular formula is C27H19NO6. The van der Waals surface area contributed by atoms with Crippen LogP contribution in [-0.2, 0) is 4.79 Å². The lowest BCUT2D eigenvalue weighted by Gasteiger charge is -2.07. The molecule has 7 nitrogen and oxygen atoms in total. The molecule has 1 aromatic heterocycles. The van der Waals surface area contributed by atoms with Crippen molar-refractivity contribution in [3.05, 3.63) is 100 Å². The fraction of sp³-hybridized carbons (Fsp3) is 0.0741. The summed E-state index contributed by atoms with van der Waals surface area (Å²) >= 11 is 0. The van der Waals surface area contributed by atoms with Crippen molar-refractivity contribution >= 4 is 17.3 Å². The molecule has 1 aliphatic rings. The van der Waals surface area contributed by atoms with Crippen LogP contribution < -0.4 is 20.0 Å². The number of amides is 1. The van der Waals surface area contributed by atoms with Crippen molar-refractivity contribution in [1.29, 1.82) is 0 Å². The van der Waals surface area contributed by atoms with E-state index in [1.165, 1.54) is 7.11 Å². The van der Waals surface area contributed by atoms with Crippen LogP contribution in [0, 0.1) is 0 Å². The molecule has 0 unspecified atom stereocenters. The van der Waals surface area contributed by atoms with E-state index < -0.39 is 17.6 Å². The highest BCUT2D eigenvalue weighted by Gasteiger charge is 2.33. The Balaban J connectivity index is 1.79. The van der Waals surface area contributed by atoms with Crippen LogP contribution in [-0.4, -0.2) is 31.0 Å². The van der Waals surface area contributed by atoms with Crippen LogP contribution in [0.3, 0.4) is 0 Å². The van der Waals surface area contributed by atoms with Gasteiger partial charge in [-0.2, -0.15) is 0 Å². The Labute approximate surface area is 194 Å². The van der Waals surface area contributed by atoms with Gasteiger partial charge in [0.05, 0.1) is 36.3 Å². The van der Waals surface area contributed by atoms with Gasteiger partial charge in [-0.05, 0) is 54.6 Å². The van der Waals surface area contributed by atoms with Crippen LogP contribution in [0.2, 0.25) is 0 Å². The molecule has 0 atom stereocenters. The van der Waals surface area contributed by atoms with E-state index in [9.17, 15) is 14.7 Å². The number of ether oxygens (including phenoxy) is 2. The molecule has 168 valence electrons. The molecule has 7 heteroatoms. The van der Waals surface area contributed by atoms with E-state index >= 15 is 0 Å². The third kappa shape index (κ3) is 3.44. The minimum Gasteiger partial charge on any atom is -0.497 e. The van der Waals surface area contributed by atoms with Crippen molar-refractivity contribution in [3.8, 4) is 28.8 Å². The van der Waals surface area contributed by atoms with Crippen LogP contribution >= 0.6 is 0 Å². The van der Waals surface area contributed by atoms with Gasteiger partial charge in [-0.15, -0.1) is 0 Å². The number of hydrogen-bond donors (Lipinski definition) is 1. The first-order valence-electron chi connectivity index (χ1n) is 10.4. The van der Waals surface area contributed by atoms with Crippen molar-refractivity contribution in [2.45, 2.75) is 0 Å². The Hall–Kier alpha value is -4.65. The third-order valence-corrected chi connectivity index (χ3v) is 5.68. The topological polar surface area (TPSA) is 98.3 Å². The van der Waals surface area contributed by atoms with Crippen LogP contribution in [0.1, 0.15) is 21.5 Å². The standard InChI is InChI=1S/C27H19NO6/c1-32-17-11-7-15(8-12-17)24(29)23-22(21-19-5-3-4-6-20(19)28-26(21)30)27(31)34-25(23)16-9-13-18(33-2)14-10-16/h3-14,31H,1-2H3. The largest absolute Gasteiger partial charge is 0.497 e. The van der Waals surface area contributed by atoms with Crippen molar-refractivity contribution in [2.24, 2.45) is 4.99 Å². The zero-order chi connectivity index (χ0) is 23.8. The van der Waals surface area contributed by atoms with Crippen LogP contribution in [0.15, 0.2) is 82.2 Å². The zero-order valence-corrected chi connectivity index (χ0v) is 18.4. The Bertz CT molecular complexity index is 1550. The number of ketones is 1. The summed E-state index contributed by atoms with van der Waals surface area (Å²) in [4.78, 5) is 30.8. The lowest BCUT2D eigenvalue weighted by Crippen LogP contribution is -2.23. The molecule has 0 bridgehead atoms. The summed E-state index contributed by atoms with van der Waals surface area (Å²) in [6.45, 7) is 0. The van der Waals surface area contributed by atoms with Crippen LogP contribution in [0.25, 0.3) is 16.9 Å². The van der Waals surface area contributed by atoms with E-state index in [4.69, 9.17) is 13.9 Å². The maximum Gasteiger partial charge on any atom is 0.291 e. The number of hydrogen-bond acceptors (Lipinski definition) is 6. The van der Waals surface area contributed by atoms with Gasteiger partial charge < -0.3 is 19.0 Å². The van der Waals surface area contributed by atoms with Crippen molar-refractivity contribution in [1.82, 2.24) is 0 Å². The highest BCUT2D eigenvalue weighted by atomic mass is 16.5. The number of carbonyl (C=O) groups excluding carboxylic acids is 2. The van der Waals surface area contributed by atoms with Gasteiger partial charge in [0.25, 0.3) is 11.9 Å². The van der Waals surface area contributed by atoms with Gasteiger partial charge in [0.1, 0.15) is 17.3 Å². The maximum atomic E-state index is 13.8. The van der Waals surface area contributed by atoms with Crippen LogP contribution in [0.5, 0.6) is 17.4 Å². The predicted molar refractivity (Wildman–Crippen MR) is 124 cm³/mol. The van der Waals surface area contributed by atoms with E-state index in [-0.39, 0.29) is 22.5 Å². The Morgan fingerprint density at radius 1 is 0.882 bits per heavy atom. The summed E-state index contributed by atoms with van der Waals surface area (Å²) < 4.78 is 16.1. The molecule has 5 rings (SSSR count). The van der Waals surface area contributed by atoms with Gasteiger partial charge in [-0.1, -0.05) is 18.2 Å². The summed E-state index contributed by atoms with van der Waals surface area (Å²) in [6.07, 6.45) is 0. The molecule has 1 aliphatic heterocycles. The minimum atomic E-state index is -0.553. The maximum absolute atomic E-state index is 13.8. The molecule has 2 heterocycles. The molecular weight excluding hydrogens is 434 g/mol. The summed E-state index contributed by atoms with van der Waals surface area (Å²) in [5, 5.41) is 11.9. The zero-order valence-electron chi connectivity index (χ0n) is 18.4. The van der Waals surface area contributed by atoms with E-state index in [2.05, 4.69) is 4.99 Å². The van der Waals surface area contributed by atoms with Gasteiger partial charge in [-0.3, -0.25) is 9.59 Å². The first-order valence-corrected chi connectivity index (χ1v) is 10.4. The molecule has 0 aliphatic carbocycles. The fourth-order valence-electron chi connectivity index (χ4n) is 4.00. The number of benzene rings is 3. The monoisotopic (exact) mass is 453 g/mol. The predicted octanol–water partition coefficient (Wildman–Crippen LogP) is 3.26.